The average molecular weight is 918 g/mol. The van der Waals surface area contributed by atoms with E-state index in [1.165, 1.54) is 19.4 Å². The van der Waals surface area contributed by atoms with Crippen LogP contribution in [0.4, 0.5) is 5.82 Å². The number of phosphoric acid groups is 3. The van der Waals surface area contributed by atoms with E-state index in [1.54, 1.807) is 6.08 Å². The van der Waals surface area contributed by atoms with Crippen LogP contribution in [-0.2, 0) is 50.7 Å². The van der Waals surface area contributed by atoms with E-state index in [-0.39, 0.29) is 41.6 Å². The molecule has 24 nitrogen and oxygen atoms in total. The molecule has 1 saturated heterocycles. The molecule has 0 radical (unpaired) electrons. The number of rotatable bonds is 23. The number of ether oxygens (including phenoxy) is 1. The number of nitrogen functional groups attached to an aromatic ring is 1. The summed E-state index contributed by atoms with van der Waals surface area (Å²) in [6.45, 7) is 6.34. The summed E-state index contributed by atoms with van der Waals surface area (Å²) >= 11 is 1.05. The highest BCUT2D eigenvalue weighted by Gasteiger charge is 2.50. The Morgan fingerprint density at radius 3 is 2.37 bits per heavy atom. The maximum atomic E-state index is 12.7. The van der Waals surface area contributed by atoms with Gasteiger partial charge in [-0.2, -0.15) is 4.31 Å². The Balaban J connectivity index is 1.45. The smallest absolute Gasteiger partial charge is 0.386 e. The number of carbonyl (C=O) groups excluding carboxylic acids is 3. The van der Waals surface area contributed by atoms with Crippen molar-refractivity contribution < 1.29 is 80.5 Å². The van der Waals surface area contributed by atoms with Gasteiger partial charge in [0, 0.05) is 30.7 Å². The maximum absolute atomic E-state index is 12.7. The predicted octanol–water partition coefficient (Wildman–Crippen LogP) is 1.36. The number of anilines is 1. The summed E-state index contributed by atoms with van der Waals surface area (Å²) < 4.78 is 62.2. The van der Waals surface area contributed by atoms with E-state index >= 15 is 0 Å². The van der Waals surface area contributed by atoms with E-state index in [4.69, 9.17) is 19.5 Å². The van der Waals surface area contributed by atoms with Crippen molar-refractivity contribution in [2.24, 2.45) is 5.41 Å². The number of nitrogens with zero attached hydrogens (tertiary/aromatic N) is 4. The van der Waals surface area contributed by atoms with Gasteiger partial charge >= 0.3 is 23.5 Å². The fraction of sp³-hybridized carbons (Fsp3) is 0.613. The second-order valence-electron chi connectivity index (χ2n) is 14.0. The summed E-state index contributed by atoms with van der Waals surface area (Å²) in [7, 11) is -16.4. The third-order valence-corrected chi connectivity index (χ3v) is 12.1. The minimum Gasteiger partial charge on any atom is -0.386 e. The lowest BCUT2D eigenvalue weighted by Gasteiger charge is -2.30. The molecule has 0 aliphatic carbocycles. The molecule has 2 aromatic rings. The molecule has 332 valence electrons. The third-order valence-electron chi connectivity index (χ3n) is 8.20. The van der Waals surface area contributed by atoms with E-state index in [2.05, 4.69) is 40.5 Å². The van der Waals surface area contributed by atoms with Gasteiger partial charge in [0.25, 0.3) is 0 Å². The van der Waals surface area contributed by atoms with Gasteiger partial charge in [-0.25, -0.2) is 28.6 Å². The molecule has 0 spiro atoms. The molecule has 2 amide bonds. The van der Waals surface area contributed by atoms with Gasteiger partial charge in [0.2, 0.25) is 16.9 Å². The quantitative estimate of drug-likeness (QED) is 0.0329. The number of nitrogens with two attached hydrogens (primary N) is 1. The normalized spacial score (nSPS) is 21.4. The second kappa shape index (κ2) is 21.7. The molecule has 3 heterocycles. The molecule has 7 unspecified atom stereocenters. The zero-order valence-corrected chi connectivity index (χ0v) is 36.1. The zero-order valence-electron chi connectivity index (χ0n) is 32.6. The molecule has 2 aromatic heterocycles. The minimum atomic E-state index is -5.57. The van der Waals surface area contributed by atoms with Crippen LogP contribution in [0.15, 0.2) is 36.0 Å². The number of hydrogen-bond acceptors (Lipinski definition) is 18. The number of nitrogens with one attached hydrogen (secondary N) is 2. The maximum Gasteiger partial charge on any atom is 0.481 e. The first-order valence-corrected chi connectivity index (χ1v) is 23.2. The summed E-state index contributed by atoms with van der Waals surface area (Å²) in [4.78, 5) is 87.9. The molecule has 0 saturated carbocycles. The molecule has 0 aromatic carbocycles. The number of carbonyl (C=O) groups is 3. The number of fused-ring (bicyclic) bond motifs is 1. The molecule has 1 aliphatic rings. The lowest BCUT2D eigenvalue weighted by Crippen LogP contribution is -2.46. The zero-order chi connectivity index (χ0) is 44.3. The number of aromatic nitrogens is 4. The minimum absolute atomic E-state index is 0.0299. The van der Waals surface area contributed by atoms with Crippen LogP contribution in [0.25, 0.3) is 11.2 Å². The molecule has 1 fully saturated rings. The van der Waals surface area contributed by atoms with Crippen molar-refractivity contribution in [2.45, 2.75) is 84.5 Å². The number of imidazole rings is 1. The predicted molar refractivity (Wildman–Crippen MR) is 210 cm³/mol. The van der Waals surface area contributed by atoms with Gasteiger partial charge in [-0.3, -0.25) is 32.5 Å². The number of hydrogen-bond donors (Lipinski definition) is 9. The fourth-order valence-electron chi connectivity index (χ4n) is 5.19. The SMILES string of the molecule is CC(C)=CCCC(C)=CC(=O)SCCNC(=O)CCNC(=O)C(O)C(C)(C)COP(=O)(O)OP(=O)(O)OCC1OC(n2cnc3c(N)ncnc32)C(O)C1OP(=O)(O)O. The first kappa shape index (κ1) is 50.4. The molecule has 0 bridgehead atoms. The fourth-order valence-corrected chi connectivity index (χ4v) is 8.70. The van der Waals surface area contributed by atoms with E-state index in [9.17, 15) is 57.9 Å². The van der Waals surface area contributed by atoms with Crippen molar-refractivity contribution in [3.05, 3.63) is 36.0 Å². The van der Waals surface area contributed by atoms with Crippen LogP contribution >= 0.6 is 35.2 Å². The van der Waals surface area contributed by atoms with Crippen LogP contribution < -0.4 is 16.4 Å². The Morgan fingerprint density at radius 1 is 1.03 bits per heavy atom. The van der Waals surface area contributed by atoms with Gasteiger partial charge in [0.15, 0.2) is 17.7 Å². The highest BCUT2D eigenvalue weighted by atomic mass is 32.2. The molecular formula is C31H50N7O17P3S. The molecular weight excluding hydrogens is 867 g/mol. The van der Waals surface area contributed by atoms with E-state index < -0.39 is 84.6 Å². The standard InChI is InChI=1S/C31H50N7O17P3S/c1-18(2)7-6-8-19(3)13-22(40)59-12-11-33-21(39)9-10-34-29(43)26(42)31(4,5)15-52-58(49,50)55-57(47,48)51-14-20-25(54-56(44,45)46)24(41)30(53-20)38-17-37-23-27(32)35-16-36-28(23)38/h7,13,16-17,20,24-26,30,41-42H,6,8-12,14-15H2,1-5H3,(H,33,39)(H,34,43)(H,47,48)(H,49,50)(H2,32,35,36)(H2,44,45,46). The van der Waals surface area contributed by atoms with Crippen LogP contribution in [0.3, 0.4) is 0 Å². The second-order valence-corrected chi connectivity index (χ2v) is 19.4. The van der Waals surface area contributed by atoms with Crippen molar-refractivity contribution >= 4 is 69.1 Å². The third kappa shape index (κ3) is 16.4. The number of amides is 2. The van der Waals surface area contributed by atoms with Gasteiger partial charge in [0.1, 0.15) is 36.3 Å². The first-order chi connectivity index (χ1) is 27.3. The lowest BCUT2D eigenvalue weighted by atomic mass is 9.87. The molecule has 59 heavy (non-hydrogen) atoms. The number of thioether (sulfide) groups is 1. The Labute approximate surface area is 342 Å². The van der Waals surface area contributed by atoms with E-state index in [1.807, 2.05) is 20.8 Å². The Morgan fingerprint density at radius 2 is 1.71 bits per heavy atom. The van der Waals surface area contributed by atoms with Gasteiger partial charge in [-0.1, -0.05) is 42.8 Å². The molecule has 28 heteroatoms. The van der Waals surface area contributed by atoms with Crippen LogP contribution in [-0.4, -0.2) is 123 Å². The van der Waals surface area contributed by atoms with Crippen LogP contribution in [0, 0.1) is 5.41 Å². The molecule has 7 atom stereocenters. The number of aliphatic hydroxyl groups is 2. The van der Waals surface area contributed by atoms with Crippen LogP contribution in [0.2, 0.25) is 0 Å². The van der Waals surface area contributed by atoms with Crippen LogP contribution in [0.1, 0.15) is 60.1 Å². The van der Waals surface area contributed by atoms with Crippen LogP contribution in [0.5, 0.6) is 0 Å². The largest absolute Gasteiger partial charge is 0.481 e. The van der Waals surface area contributed by atoms with Crippen molar-refractivity contribution in [2.75, 3.05) is 37.8 Å². The first-order valence-electron chi connectivity index (χ1n) is 17.7. The summed E-state index contributed by atoms with van der Waals surface area (Å²) in [6.07, 6.45) is -1.68. The highest BCUT2D eigenvalue weighted by molar-refractivity contribution is 8.14. The lowest BCUT2D eigenvalue weighted by molar-refractivity contribution is -0.137. The molecule has 1 aliphatic heterocycles. The highest BCUT2D eigenvalue weighted by Crippen LogP contribution is 2.61. The monoisotopic (exact) mass is 917 g/mol. The Kier molecular flexibility index (Phi) is 18.5. The van der Waals surface area contributed by atoms with Crippen molar-refractivity contribution in [3.8, 4) is 0 Å². The summed E-state index contributed by atoms with van der Waals surface area (Å²) in [6, 6.07) is 0. The number of phosphoric ester groups is 3. The van der Waals surface area contributed by atoms with E-state index in [0.29, 0.717) is 5.75 Å². The number of allylic oxidation sites excluding steroid dienone is 3. The van der Waals surface area contributed by atoms with Gasteiger partial charge in [0.05, 0.1) is 19.5 Å². The molecule has 10 N–H and O–H groups in total. The average Bonchev–Trinajstić information content (AvgIpc) is 3.67. The Bertz CT molecular complexity index is 2010. The van der Waals surface area contributed by atoms with Crippen molar-refractivity contribution in [1.29, 1.82) is 0 Å². The van der Waals surface area contributed by atoms with Gasteiger partial charge in [-0.05, 0) is 39.7 Å². The topological polar surface area (TPSA) is 364 Å². The summed E-state index contributed by atoms with van der Waals surface area (Å²) in [5.41, 5.74) is 6.40. The van der Waals surface area contributed by atoms with Gasteiger partial charge < -0.3 is 50.9 Å². The Hall–Kier alpha value is -2.96. The van der Waals surface area contributed by atoms with E-state index in [0.717, 1.165) is 47.4 Å². The number of aliphatic hydroxyl groups excluding tert-OH is 2. The summed E-state index contributed by atoms with van der Waals surface area (Å²) in [5.74, 6) is -1.14. The van der Waals surface area contributed by atoms with Gasteiger partial charge in [-0.15, -0.1) is 0 Å². The van der Waals surface area contributed by atoms with Crippen molar-refractivity contribution in [3.63, 3.8) is 0 Å². The van der Waals surface area contributed by atoms with Crippen molar-refractivity contribution in [1.82, 2.24) is 30.2 Å². The summed E-state index contributed by atoms with van der Waals surface area (Å²) in [5, 5.41) is 26.3. The molecule has 3 rings (SSSR count).